The molecule has 0 spiro atoms. The van der Waals surface area contributed by atoms with Gasteiger partial charge in [0, 0.05) is 5.56 Å². The smallest absolute Gasteiger partial charge is 0.339 e. The van der Waals surface area contributed by atoms with Crippen LogP contribution in [0, 0.1) is 5.82 Å². The van der Waals surface area contributed by atoms with Gasteiger partial charge in [0.05, 0.1) is 12.1 Å². The zero-order valence-corrected chi connectivity index (χ0v) is 12.4. The third-order valence-corrected chi connectivity index (χ3v) is 3.08. The standard InChI is InChI=1S/C17H14F3NO3/c18-13-8-6-11(7-9-13)15(16(22)21-10-14(19)20)24-17(23)12-4-2-1-3-5-12/h1-9,14-15H,10H2,(H,21,22). The van der Waals surface area contributed by atoms with Crippen molar-refractivity contribution >= 4 is 11.9 Å². The number of benzene rings is 2. The van der Waals surface area contributed by atoms with Crippen LogP contribution in [-0.2, 0) is 9.53 Å². The molecule has 2 aromatic carbocycles. The summed E-state index contributed by atoms with van der Waals surface area (Å²) in [6.07, 6.45) is -4.20. The molecule has 0 bridgehead atoms. The Hall–Kier alpha value is -2.83. The van der Waals surface area contributed by atoms with E-state index in [1.165, 1.54) is 24.3 Å². The van der Waals surface area contributed by atoms with E-state index in [1.807, 2.05) is 5.32 Å². The van der Waals surface area contributed by atoms with Gasteiger partial charge in [0.25, 0.3) is 12.3 Å². The van der Waals surface area contributed by atoms with E-state index in [9.17, 15) is 22.8 Å². The molecular weight excluding hydrogens is 323 g/mol. The second kappa shape index (κ2) is 8.14. The zero-order valence-electron chi connectivity index (χ0n) is 12.4. The number of nitrogens with one attached hydrogen (secondary N) is 1. The molecule has 1 unspecified atom stereocenters. The van der Waals surface area contributed by atoms with Crippen LogP contribution in [0.5, 0.6) is 0 Å². The molecule has 0 aliphatic carbocycles. The van der Waals surface area contributed by atoms with E-state index in [1.54, 1.807) is 18.2 Å². The van der Waals surface area contributed by atoms with Crippen LogP contribution in [-0.4, -0.2) is 24.8 Å². The minimum atomic E-state index is -2.74. The fourth-order valence-electron chi connectivity index (χ4n) is 1.93. The molecule has 0 aliphatic rings. The summed E-state index contributed by atoms with van der Waals surface area (Å²) in [7, 11) is 0. The normalized spacial score (nSPS) is 11.8. The van der Waals surface area contributed by atoms with Crippen molar-refractivity contribution in [2.24, 2.45) is 0 Å². The molecular formula is C17H14F3NO3. The first-order chi connectivity index (χ1) is 11.5. The van der Waals surface area contributed by atoms with E-state index in [-0.39, 0.29) is 11.1 Å². The van der Waals surface area contributed by atoms with Crippen molar-refractivity contribution in [3.05, 3.63) is 71.5 Å². The van der Waals surface area contributed by atoms with E-state index in [2.05, 4.69) is 0 Å². The summed E-state index contributed by atoms with van der Waals surface area (Å²) in [6.45, 7) is -0.876. The Morgan fingerprint density at radius 1 is 1.00 bits per heavy atom. The Kier molecular flexibility index (Phi) is 5.95. The highest BCUT2D eigenvalue weighted by molar-refractivity contribution is 5.92. The lowest BCUT2D eigenvalue weighted by Gasteiger charge is -2.18. The maximum Gasteiger partial charge on any atom is 0.339 e. The van der Waals surface area contributed by atoms with Crippen LogP contribution >= 0.6 is 0 Å². The van der Waals surface area contributed by atoms with Crippen LogP contribution in [0.15, 0.2) is 54.6 Å². The summed E-state index contributed by atoms with van der Waals surface area (Å²) < 4.78 is 42.7. The Bertz CT molecular complexity index is 690. The van der Waals surface area contributed by atoms with Gasteiger partial charge >= 0.3 is 5.97 Å². The number of rotatable bonds is 6. The summed E-state index contributed by atoms with van der Waals surface area (Å²) in [5, 5.41) is 1.99. The molecule has 24 heavy (non-hydrogen) atoms. The highest BCUT2D eigenvalue weighted by atomic mass is 19.3. The van der Waals surface area contributed by atoms with Gasteiger partial charge in [0.2, 0.25) is 6.10 Å². The highest BCUT2D eigenvalue weighted by Crippen LogP contribution is 2.20. The highest BCUT2D eigenvalue weighted by Gasteiger charge is 2.26. The molecule has 2 rings (SSSR count). The Morgan fingerprint density at radius 3 is 2.21 bits per heavy atom. The average molecular weight is 337 g/mol. The molecule has 0 heterocycles. The Balaban J connectivity index is 2.20. The topological polar surface area (TPSA) is 55.4 Å². The summed E-state index contributed by atoms with van der Waals surface area (Å²) in [4.78, 5) is 24.2. The van der Waals surface area contributed by atoms with Crippen LogP contribution in [0.4, 0.5) is 13.2 Å². The maximum atomic E-state index is 13.0. The molecule has 0 radical (unpaired) electrons. The van der Waals surface area contributed by atoms with Crippen molar-refractivity contribution < 1.29 is 27.5 Å². The van der Waals surface area contributed by atoms with Crippen LogP contribution in [0.25, 0.3) is 0 Å². The van der Waals surface area contributed by atoms with Gasteiger partial charge in [0.15, 0.2) is 0 Å². The molecule has 0 fully saturated rings. The monoisotopic (exact) mass is 337 g/mol. The number of hydrogen-bond acceptors (Lipinski definition) is 3. The van der Waals surface area contributed by atoms with Crippen LogP contribution < -0.4 is 5.32 Å². The number of amides is 1. The van der Waals surface area contributed by atoms with Crippen LogP contribution in [0.1, 0.15) is 22.0 Å². The molecule has 0 saturated heterocycles. The lowest BCUT2D eigenvalue weighted by molar-refractivity contribution is -0.131. The van der Waals surface area contributed by atoms with Crippen molar-refractivity contribution in [2.45, 2.75) is 12.5 Å². The molecule has 1 atom stereocenters. The Morgan fingerprint density at radius 2 is 1.62 bits per heavy atom. The second-order valence-electron chi connectivity index (χ2n) is 4.84. The second-order valence-corrected chi connectivity index (χ2v) is 4.84. The fourth-order valence-corrected chi connectivity index (χ4v) is 1.93. The molecule has 0 aromatic heterocycles. The number of hydrogen-bond donors (Lipinski definition) is 1. The van der Waals surface area contributed by atoms with Crippen molar-refractivity contribution in [3.63, 3.8) is 0 Å². The lowest BCUT2D eigenvalue weighted by Crippen LogP contribution is -2.35. The molecule has 7 heteroatoms. The minimum Gasteiger partial charge on any atom is -0.444 e. The van der Waals surface area contributed by atoms with Gasteiger partial charge in [-0.05, 0) is 24.3 Å². The number of halogens is 3. The van der Waals surface area contributed by atoms with Crippen molar-refractivity contribution in [2.75, 3.05) is 6.54 Å². The van der Waals surface area contributed by atoms with E-state index < -0.39 is 36.8 Å². The van der Waals surface area contributed by atoms with Gasteiger partial charge in [-0.3, -0.25) is 4.79 Å². The van der Waals surface area contributed by atoms with Crippen LogP contribution in [0.2, 0.25) is 0 Å². The van der Waals surface area contributed by atoms with Crippen molar-refractivity contribution in [1.29, 1.82) is 0 Å². The van der Waals surface area contributed by atoms with Gasteiger partial charge in [-0.15, -0.1) is 0 Å². The van der Waals surface area contributed by atoms with E-state index >= 15 is 0 Å². The number of ether oxygens (including phenoxy) is 1. The van der Waals surface area contributed by atoms with E-state index in [0.717, 1.165) is 12.1 Å². The molecule has 0 aliphatic heterocycles. The Labute approximate surface area is 136 Å². The van der Waals surface area contributed by atoms with Crippen molar-refractivity contribution in [3.8, 4) is 0 Å². The van der Waals surface area contributed by atoms with E-state index in [4.69, 9.17) is 4.74 Å². The first-order valence-corrected chi connectivity index (χ1v) is 7.04. The SMILES string of the molecule is O=C(OC(C(=O)NCC(F)F)c1ccc(F)cc1)c1ccccc1. The number of alkyl halides is 2. The predicted molar refractivity (Wildman–Crippen MR) is 80.0 cm³/mol. The zero-order chi connectivity index (χ0) is 17.5. The van der Waals surface area contributed by atoms with Gasteiger partial charge in [-0.2, -0.15) is 0 Å². The van der Waals surface area contributed by atoms with Crippen molar-refractivity contribution in [1.82, 2.24) is 5.32 Å². The molecule has 2 aromatic rings. The molecule has 4 nitrogen and oxygen atoms in total. The molecule has 0 saturated carbocycles. The molecule has 1 N–H and O–H groups in total. The lowest BCUT2D eigenvalue weighted by atomic mass is 10.1. The molecule has 1 amide bonds. The average Bonchev–Trinajstić information content (AvgIpc) is 2.59. The number of carbonyl (C=O) groups is 2. The van der Waals surface area contributed by atoms with Gasteiger partial charge in [0.1, 0.15) is 5.82 Å². The third kappa shape index (κ3) is 4.84. The number of esters is 1. The number of carbonyl (C=O) groups excluding carboxylic acids is 2. The minimum absolute atomic E-state index is 0.174. The summed E-state index contributed by atoms with van der Waals surface area (Å²) in [5.41, 5.74) is 0.374. The first kappa shape index (κ1) is 17.5. The summed E-state index contributed by atoms with van der Waals surface area (Å²) in [6, 6.07) is 12.6. The third-order valence-electron chi connectivity index (χ3n) is 3.08. The van der Waals surface area contributed by atoms with Gasteiger partial charge < -0.3 is 10.1 Å². The van der Waals surface area contributed by atoms with Gasteiger partial charge in [-0.1, -0.05) is 30.3 Å². The van der Waals surface area contributed by atoms with Gasteiger partial charge in [-0.25, -0.2) is 18.0 Å². The van der Waals surface area contributed by atoms with Crippen LogP contribution in [0.3, 0.4) is 0 Å². The van der Waals surface area contributed by atoms with E-state index in [0.29, 0.717) is 0 Å². The summed E-state index contributed by atoms with van der Waals surface area (Å²) in [5.74, 6) is -2.25. The maximum absolute atomic E-state index is 13.0. The summed E-state index contributed by atoms with van der Waals surface area (Å²) >= 11 is 0. The first-order valence-electron chi connectivity index (χ1n) is 7.04. The quantitative estimate of drug-likeness (QED) is 0.824. The largest absolute Gasteiger partial charge is 0.444 e. The molecule has 126 valence electrons. The predicted octanol–water partition coefficient (Wildman–Crippen LogP) is 3.11. The fraction of sp³-hybridized carbons (Fsp3) is 0.176.